The van der Waals surface area contributed by atoms with Crippen LogP contribution in [-0.2, 0) is 11.2 Å². The molecular formula is C19H19N5OS. The number of hydrogen-bond acceptors (Lipinski definition) is 6. The largest absolute Gasteiger partial charge is 0.322 e. The smallest absolute Gasteiger partial charge is 0.153 e. The number of carbonyl (C=O) groups is 1. The maximum absolute atomic E-state index is 11.9. The van der Waals surface area contributed by atoms with Gasteiger partial charge in [0.2, 0.25) is 0 Å². The summed E-state index contributed by atoms with van der Waals surface area (Å²) in [6.45, 7) is 1.94. The standard InChI is InChI=1S/C19H19N5OS/c1-12-8-17(24-23-12)21-18-10-20-11-19(22-18)26-15-6-2-13(3-7-15)9-16(25)14-4-5-14/h2-3,6-8,10-11,14H,4-5,9H2,1H3,(H2,21,22,23,24). The Bertz CT molecular complexity index is 918. The summed E-state index contributed by atoms with van der Waals surface area (Å²) in [5.41, 5.74) is 2.05. The number of carbonyl (C=O) groups excluding carboxylic acids is 1. The maximum Gasteiger partial charge on any atom is 0.153 e. The number of anilines is 2. The molecule has 1 aliphatic rings. The van der Waals surface area contributed by atoms with Crippen LogP contribution in [0.4, 0.5) is 11.6 Å². The molecule has 0 atom stereocenters. The van der Waals surface area contributed by atoms with Gasteiger partial charge in [-0.25, -0.2) is 4.98 Å². The van der Waals surface area contributed by atoms with Gasteiger partial charge in [-0.1, -0.05) is 23.9 Å². The van der Waals surface area contributed by atoms with Crippen molar-refractivity contribution in [3.05, 3.63) is 54.0 Å². The number of nitrogens with one attached hydrogen (secondary N) is 2. The molecule has 0 aliphatic heterocycles. The van der Waals surface area contributed by atoms with E-state index in [1.54, 1.807) is 12.4 Å². The van der Waals surface area contributed by atoms with Crippen LogP contribution in [0.1, 0.15) is 24.1 Å². The fraction of sp³-hybridized carbons (Fsp3) is 0.263. The average molecular weight is 365 g/mol. The van der Waals surface area contributed by atoms with Crippen molar-refractivity contribution in [1.29, 1.82) is 0 Å². The Morgan fingerprint density at radius 2 is 2.04 bits per heavy atom. The van der Waals surface area contributed by atoms with E-state index in [9.17, 15) is 4.79 Å². The van der Waals surface area contributed by atoms with Crippen LogP contribution in [0.25, 0.3) is 0 Å². The lowest BCUT2D eigenvalue weighted by atomic mass is 10.1. The van der Waals surface area contributed by atoms with E-state index < -0.39 is 0 Å². The average Bonchev–Trinajstić information content (AvgIpc) is 3.40. The van der Waals surface area contributed by atoms with Gasteiger partial charge in [0.15, 0.2) is 11.6 Å². The van der Waals surface area contributed by atoms with Crippen molar-refractivity contribution in [3.8, 4) is 0 Å². The summed E-state index contributed by atoms with van der Waals surface area (Å²) in [7, 11) is 0. The van der Waals surface area contributed by atoms with Gasteiger partial charge in [0.1, 0.15) is 10.8 Å². The Morgan fingerprint density at radius 3 is 2.73 bits per heavy atom. The number of aryl methyl sites for hydroxylation is 1. The zero-order chi connectivity index (χ0) is 17.9. The van der Waals surface area contributed by atoms with E-state index >= 15 is 0 Å². The quantitative estimate of drug-likeness (QED) is 0.660. The molecule has 1 saturated carbocycles. The topological polar surface area (TPSA) is 83.6 Å². The molecule has 26 heavy (non-hydrogen) atoms. The van der Waals surface area contributed by atoms with Crippen molar-refractivity contribution in [2.45, 2.75) is 36.1 Å². The fourth-order valence-electron chi connectivity index (χ4n) is 2.62. The summed E-state index contributed by atoms with van der Waals surface area (Å²) in [5.74, 6) is 2.04. The van der Waals surface area contributed by atoms with Crippen LogP contribution in [0.3, 0.4) is 0 Å². The van der Waals surface area contributed by atoms with Crippen molar-refractivity contribution in [2.75, 3.05) is 5.32 Å². The van der Waals surface area contributed by atoms with E-state index in [4.69, 9.17) is 0 Å². The Balaban J connectivity index is 1.40. The molecule has 2 aromatic heterocycles. The van der Waals surface area contributed by atoms with Crippen LogP contribution >= 0.6 is 11.8 Å². The Kier molecular flexibility index (Phi) is 4.71. The second-order valence-electron chi connectivity index (χ2n) is 6.47. The summed E-state index contributed by atoms with van der Waals surface area (Å²) < 4.78 is 0. The molecule has 7 heteroatoms. The second kappa shape index (κ2) is 7.29. The fourth-order valence-corrected chi connectivity index (χ4v) is 3.39. The molecule has 0 amide bonds. The highest BCUT2D eigenvalue weighted by molar-refractivity contribution is 7.99. The first kappa shape index (κ1) is 16.8. The molecule has 1 fully saturated rings. The summed E-state index contributed by atoms with van der Waals surface area (Å²) in [6.07, 6.45) is 6.07. The third-order valence-corrected chi connectivity index (χ3v) is 5.05. The molecule has 0 spiro atoms. The number of aromatic amines is 1. The van der Waals surface area contributed by atoms with Crippen molar-refractivity contribution in [2.24, 2.45) is 5.92 Å². The van der Waals surface area contributed by atoms with Gasteiger partial charge in [0.05, 0.1) is 12.4 Å². The van der Waals surface area contributed by atoms with Gasteiger partial charge >= 0.3 is 0 Å². The summed E-state index contributed by atoms with van der Waals surface area (Å²) in [6, 6.07) is 10.00. The van der Waals surface area contributed by atoms with Crippen LogP contribution < -0.4 is 5.32 Å². The van der Waals surface area contributed by atoms with E-state index in [1.807, 2.05) is 37.3 Å². The molecule has 2 heterocycles. The molecule has 0 unspecified atom stereocenters. The van der Waals surface area contributed by atoms with E-state index in [-0.39, 0.29) is 0 Å². The number of rotatable bonds is 7. The van der Waals surface area contributed by atoms with Gasteiger partial charge in [0.25, 0.3) is 0 Å². The molecule has 4 rings (SSSR count). The van der Waals surface area contributed by atoms with Crippen molar-refractivity contribution < 1.29 is 4.79 Å². The third kappa shape index (κ3) is 4.29. The number of hydrogen-bond donors (Lipinski definition) is 2. The molecule has 1 aromatic carbocycles. The number of aromatic nitrogens is 4. The van der Waals surface area contributed by atoms with Gasteiger partial charge in [0, 0.05) is 29.0 Å². The monoisotopic (exact) mass is 365 g/mol. The van der Waals surface area contributed by atoms with Gasteiger partial charge in [-0.15, -0.1) is 0 Å². The van der Waals surface area contributed by atoms with E-state index in [0.717, 1.165) is 34.0 Å². The molecule has 6 nitrogen and oxygen atoms in total. The van der Waals surface area contributed by atoms with Crippen LogP contribution in [0.2, 0.25) is 0 Å². The zero-order valence-electron chi connectivity index (χ0n) is 14.4. The molecule has 3 aromatic rings. The van der Waals surface area contributed by atoms with Crippen LogP contribution in [0.15, 0.2) is 52.6 Å². The molecule has 0 radical (unpaired) electrons. The normalized spacial score (nSPS) is 13.6. The van der Waals surface area contributed by atoms with Gasteiger partial charge in [-0.05, 0) is 37.5 Å². The first-order valence-electron chi connectivity index (χ1n) is 8.56. The second-order valence-corrected chi connectivity index (χ2v) is 7.56. The molecule has 2 N–H and O–H groups in total. The molecule has 0 bridgehead atoms. The molecule has 0 saturated heterocycles. The molecular weight excluding hydrogens is 346 g/mol. The number of nitrogens with zero attached hydrogens (tertiary/aromatic N) is 3. The number of Topliss-reactive ketones (excluding diaryl/α,β-unsaturated/α-hetero) is 1. The summed E-state index contributed by atoms with van der Waals surface area (Å²) >= 11 is 1.54. The highest BCUT2D eigenvalue weighted by Gasteiger charge is 2.28. The van der Waals surface area contributed by atoms with E-state index in [1.165, 1.54) is 11.8 Å². The van der Waals surface area contributed by atoms with Gasteiger partial charge < -0.3 is 5.32 Å². The third-order valence-electron chi connectivity index (χ3n) is 4.13. The maximum atomic E-state index is 11.9. The van der Waals surface area contributed by atoms with Gasteiger partial charge in [-0.2, -0.15) is 5.10 Å². The van der Waals surface area contributed by atoms with Crippen molar-refractivity contribution >= 4 is 29.2 Å². The Hall–Kier alpha value is -2.67. The predicted octanol–water partition coefficient (Wildman–Crippen LogP) is 3.92. The predicted molar refractivity (Wildman–Crippen MR) is 101 cm³/mol. The zero-order valence-corrected chi connectivity index (χ0v) is 15.2. The lowest BCUT2D eigenvalue weighted by Crippen LogP contribution is -2.04. The van der Waals surface area contributed by atoms with Gasteiger partial charge in [-0.3, -0.25) is 14.9 Å². The Labute approximate surface area is 155 Å². The van der Waals surface area contributed by atoms with Crippen molar-refractivity contribution in [3.63, 3.8) is 0 Å². The summed E-state index contributed by atoms with van der Waals surface area (Å²) in [5, 5.41) is 10.9. The highest BCUT2D eigenvalue weighted by atomic mass is 32.2. The van der Waals surface area contributed by atoms with E-state index in [0.29, 0.717) is 29.8 Å². The van der Waals surface area contributed by atoms with Crippen LogP contribution in [0, 0.1) is 12.8 Å². The number of ketones is 1. The minimum atomic E-state index is 0.313. The van der Waals surface area contributed by atoms with Crippen LogP contribution in [0.5, 0.6) is 0 Å². The first-order chi connectivity index (χ1) is 12.7. The van der Waals surface area contributed by atoms with E-state index in [2.05, 4.69) is 25.5 Å². The number of benzene rings is 1. The van der Waals surface area contributed by atoms with Crippen LogP contribution in [-0.4, -0.2) is 25.9 Å². The SMILES string of the molecule is Cc1cc(Nc2cncc(Sc3ccc(CC(=O)C4CC4)cc3)n2)n[nH]1. The lowest BCUT2D eigenvalue weighted by molar-refractivity contribution is -0.119. The Morgan fingerprint density at radius 1 is 1.23 bits per heavy atom. The number of H-pyrrole nitrogens is 1. The molecule has 1 aliphatic carbocycles. The first-order valence-corrected chi connectivity index (χ1v) is 9.38. The highest BCUT2D eigenvalue weighted by Crippen LogP contribution is 2.31. The molecule has 132 valence electrons. The van der Waals surface area contributed by atoms with Crippen molar-refractivity contribution in [1.82, 2.24) is 20.2 Å². The summed E-state index contributed by atoms with van der Waals surface area (Å²) in [4.78, 5) is 21.8. The lowest BCUT2D eigenvalue weighted by Gasteiger charge is -2.05. The minimum Gasteiger partial charge on any atom is -0.322 e. The minimum absolute atomic E-state index is 0.313.